The number of nitrogens with two attached hydrogens (primary N) is 1. The first-order valence-corrected chi connectivity index (χ1v) is 6.72. The lowest BCUT2D eigenvalue weighted by atomic mass is 10.3. The molecule has 0 aliphatic heterocycles. The fraction of sp³-hybridized carbons (Fsp3) is 0.889. The molecule has 1 amide bonds. The van der Waals surface area contributed by atoms with Gasteiger partial charge in [0, 0.05) is 13.6 Å². The standard InChI is InChI=1S/C9H20N2O3S/c1-4-11(3)9(12)7-15(13,14)8(2)5-6-10/h8H,4-7,10H2,1-3H3. The van der Waals surface area contributed by atoms with Crippen molar-refractivity contribution < 1.29 is 13.2 Å². The van der Waals surface area contributed by atoms with Crippen LogP contribution in [0.5, 0.6) is 0 Å². The molecule has 0 heterocycles. The number of sulfone groups is 1. The highest BCUT2D eigenvalue weighted by molar-refractivity contribution is 7.92. The number of nitrogens with zero attached hydrogens (tertiary/aromatic N) is 1. The summed E-state index contributed by atoms with van der Waals surface area (Å²) in [6, 6.07) is 0. The molecule has 0 bridgehead atoms. The number of carbonyl (C=O) groups is 1. The van der Waals surface area contributed by atoms with Crippen LogP contribution in [0.2, 0.25) is 0 Å². The monoisotopic (exact) mass is 236 g/mol. The smallest absolute Gasteiger partial charge is 0.237 e. The third-order valence-corrected chi connectivity index (χ3v) is 4.52. The van der Waals surface area contributed by atoms with E-state index in [1.807, 2.05) is 0 Å². The minimum atomic E-state index is -3.35. The van der Waals surface area contributed by atoms with E-state index in [2.05, 4.69) is 0 Å². The molecule has 1 atom stereocenters. The second-order valence-electron chi connectivity index (χ2n) is 3.60. The molecular formula is C9H20N2O3S. The largest absolute Gasteiger partial charge is 0.345 e. The summed E-state index contributed by atoms with van der Waals surface area (Å²) in [4.78, 5) is 12.8. The van der Waals surface area contributed by atoms with Crippen molar-refractivity contribution in [3.05, 3.63) is 0 Å². The van der Waals surface area contributed by atoms with Gasteiger partial charge < -0.3 is 10.6 Å². The molecule has 0 fully saturated rings. The van der Waals surface area contributed by atoms with E-state index in [4.69, 9.17) is 5.73 Å². The minimum Gasteiger partial charge on any atom is -0.345 e. The van der Waals surface area contributed by atoms with Gasteiger partial charge in [0.15, 0.2) is 9.84 Å². The van der Waals surface area contributed by atoms with Crippen LogP contribution in [0.4, 0.5) is 0 Å². The Morgan fingerprint density at radius 2 is 2.00 bits per heavy atom. The zero-order chi connectivity index (χ0) is 12.1. The number of carbonyl (C=O) groups excluding carboxylic acids is 1. The topological polar surface area (TPSA) is 80.5 Å². The van der Waals surface area contributed by atoms with Crippen LogP contribution in [0.15, 0.2) is 0 Å². The Morgan fingerprint density at radius 1 is 1.47 bits per heavy atom. The van der Waals surface area contributed by atoms with Crippen molar-refractivity contribution in [1.29, 1.82) is 0 Å². The Morgan fingerprint density at radius 3 is 2.40 bits per heavy atom. The van der Waals surface area contributed by atoms with Gasteiger partial charge in [-0.1, -0.05) is 0 Å². The van der Waals surface area contributed by atoms with E-state index in [1.165, 1.54) is 4.90 Å². The summed E-state index contributed by atoms with van der Waals surface area (Å²) in [5, 5.41) is -0.545. The Balaban J connectivity index is 4.45. The molecule has 0 spiro atoms. The summed E-state index contributed by atoms with van der Waals surface area (Å²) < 4.78 is 23.3. The molecule has 0 radical (unpaired) electrons. The van der Waals surface area contributed by atoms with E-state index in [0.717, 1.165) is 0 Å². The average Bonchev–Trinajstić information content (AvgIpc) is 2.16. The Bertz CT molecular complexity index is 300. The van der Waals surface area contributed by atoms with E-state index in [0.29, 0.717) is 19.5 Å². The zero-order valence-corrected chi connectivity index (χ0v) is 10.4. The van der Waals surface area contributed by atoms with Crippen LogP contribution >= 0.6 is 0 Å². The van der Waals surface area contributed by atoms with Crippen LogP contribution in [-0.4, -0.2) is 50.4 Å². The summed E-state index contributed by atoms with van der Waals surface area (Å²) in [5.74, 6) is -0.778. The maximum absolute atomic E-state index is 11.6. The quantitative estimate of drug-likeness (QED) is 0.681. The number of rotatable bonds is 6. The number of amides is 1. The van der Waals surface area contributed by atoms with Gasteiger partial charge in [-0.05, 0) is 26.8 Å². The highest BCUT2D eigenvalue weighted by Gasteiger charge is 2.24. The molecule has 0 aliphatic carbocycles. The summed E-state index contributed by atoms with van der Waals surface area (Å²) in [5.41, 5.74) is 5.28. The van der Waals surface area contributed by atoms with Crippen molar-refractivity contribution in [3.63, 3.8) is 0 Å². The van der Waals surface area contributed by atoms with Crippen molar-refractivity contribution >= 4 is 15.7 Å². The summed E-state index contributed by atoms with van der Waals surface area (Å²) >= 11 is 0. The first-order chi connectivity index (χ1) is 6.85. The van der Waals surface area contributed by atoms with Gasteiger partial charge in [0.2, 0.25) is 5.91 Å². The molecular weight excluding hydrogens is 216 g/mol. The first kappa shape index (κ1) is 14.4. The SMILES string of the molecule is CCN(C)C(=O)CS(=O)(=O)C(C)CCN. The van der Waals surface area contributed by atoms with E-state index in [-0.39, 0.29) is 5.91 Å². The van der Waals surface area contributed by atoms with Crippen LogP contribution in [0.1, 0.15) is 20.3 Å². The van der Waals surface area contributed by atoms with Gasteiger partial charge >= 0.3 is 0 Å². The molecule has 0 aromatic carbocycles. The average molecular weight is 236 g/mol. The van der Waals surface area contributed by atoms with Crippen LogP contribution in [0, 0.1) is 0 Å². The molecule has 0 aliphatic rings. The normalized spacial score (nSPS) is 13.6. The molecule has 90 valence electrons. The molecule has 1 unspecified atom stereocenters. The predicted molar refractivity (Wildman–Crippen MR) is 60.2 cm³/mol. The summed E-state index contributed by atoms with van der Waals surface area (Å²) in [6.07, 6.45) is 0.394. The predicted octanol–water partition coefficient (Wildman–Crippen LogP) is -0.383. The van der Waals surface area contributed by atoms with Crippen molar-refractivity contribution in [2.75, 3.05) is 25.9 Å². The van der Waals surface area contributed by atoms with Crippen molar-refractivity contribution in [3.8, 4) is 0 Å². The van der Waals surface area contributed by atoms with Gasteiger partial charge in [0.25, 0.3) is 0 Å². The van der Waals surface area contributed by atoms with Crippen molar-refractivity contribution in [1.82, 2.24) is 4.90 Å². The molecule has 0 saturated carbocycles. The van der Waals surface area contributed by atoms with Crippen molar-refractivity contribution in [2.24, 2.45) is 5.73 Å². The fourth-order valence-corrected chi connectivity index (χ4v) is 2.36. The second-order valence-corrected chi connectivity index (χ2v) is 6.02. The minimum absolute atomic E-state index is 0.318. The molecule has 2 N–H and O–H groups in total. The highest BCUT2D eigenvalue weighted by Crippen LogP contribution is 2.06. The van der Waals surface area contributed by atoms with Crippen LogP contribution in [0.25, 0.3) is 0 Å². The van der Waals surface area contributed by atoms with Crippen LogP contribution in [-0.2, 0) is 14.6 Å². The lowest BCUT2D eigenvalue weighted by molar-refractivity contribution is -0.126. The number of hydrogen-bond acceptors (Lipinski definition) is 4. The number of hydrogen-bond donors (Lipinski definition) is 1. The van der Waals surface area contributed by atoms with Gasteiger partial charge in [-0.15, -0.1) is 0 Å². The zero-order valence-electron chi connectivity index (χ0n) is 9.56. The fourth-order valence-electron chi connectivity index (χ4n) is 1.02. The van der Waals surface area contributed by atoms with E-state index in [9.17, 15) is 13.2 Å². The molecule has 6 heteroatoms. The maximum atomic E-state index is 11.6. The highest BCUT2D eigenvalue weighted by atomic mass is 32.2. The maximum Gasteiger partial charge on any atom is 0.237 e. The van der Waals surface area contributed by atoms with Crippen LogP contribution < -0.4 is 5.73 Å². The Labute approximate surface area is 91.5 Å². The summed E-state index contributed by atoms with van der Waals surface area (Å²) in [6.45, 7) is 4.22. The lowest BCUT2D eigenvalue weighted by Gasteiger charge is -2.16. The van der Waals surface area contributed by atoms with E-state index in [1.54, 1.807) is 20.9 Å². The molecule has 15 heavy (non-hydrogen) atoms. The van der Waals surface area contributed by atoms with Gasteiger partial charge in [-0.25, -0.2) is 8.42 Å². The van der Waals surface area contributed by atoms with Gasteiger partial charge in [-0.2, -0.15) is 0 Å². The third kappa shape index (κ3) is 4.61. The molecule has 5 nitrogen and oxygen atoms in total. The van der Waals surface area contributed by atoms with Crippen LogP contribution in [0.3, 0.4) is 0 Å². The second kappa shape index (κ2) is 6.07. The lowest BCUT2D eigenvalue weighted by Crippen LogP contribution is -2.35. The van der Waals surface area contributed by atoms with Crippen molar-refractivity contribution in [2.45, 2.75) is 25.5 Å². The van der Waals surface area contributed by atoms with Gasteiger partial charge in [0.05, 0.1) is 5.25 Å². The Hall–Kier alpha value is -0.620. The molecule has 0 rings (SSSR count). The van der Waals surface area contributed by atoms with E-state index >= 15 is 0 Å². The molecule has 0 aromatic heterocycles. The third-order valence-electron chi connectivity index (χ3n) is 2.41. The molecule has 0 aromatic rings. The Kier molecular flexibility index (Phi) is 5.82. The first-order valence-electron chi connectivity index (χ1n) is 5.00. The van der Waals surface area contributed by atoms with Gasteiger partial charge in [0.1, 0.15) is 5.75 Å². The van der Waals surface area contributed by atoms with E-state index < -0.39 is 20.8 Å². The van der Waals surface area contributed by atoms with Gasteiger partial charge in [-0.3, -0.25) is 4.79 Å². The summed E-state index contributed by atoms with van der Waals surface area (Å²) in [7, 11) is -1.76. The molecule has 0 saturated heterocycles.